The maximum Gasteiger partial charge on any atom is 0.240 e. The molecule has 6 heteroatoms. The topological polar surface area (TPSA) is 75.4 Å². The molecule has 6 nitrogen and oxygen atoms in total. The Balaban J connectivity index is 1.94. The number of carbonyl (C=O) groups is 2. The SMILES string of the molecule is CC(=O)N(CC(=O)NCc1ccccc1)c1cc(C)on1. The molecule has 1 aromatic carbocycles. The van der Waals surface area contributed by atoms with Crippen LogP contribution in [-0.4, -0.2) is 23.5 Å². The minimum Gasteiger partial charge on any atom is -0.360 e. The number of hydrogen-bond acceptors (Lipinski definition) is 4. The predicted octanol–water partition coefficient (Wildman–Crippen LogP) is 1.65. The summed E-state index contributed by atoms with van der Waals surface area (Å²) in [7, 11) is 0. The molecular formula is C15H17N3O3. The first-order valence-electron chi connectivity index (χ1n) is 6.58. The largest absolute Gasteiger partial charge is 0.360 e. The summed E-state index contributed by atoms with van der Waals surface area (Å²) in [4.78, 5) is 24.9. The minimum absolute atomic E-state index is 0.0891. The predicted molar refractivity (Wildman–Crippen MR) is 77.6 cm³/mol. The first-order valence-corrected chi connectivity index (χ1v) is 6.58. The van der Waals surface area contributed by atoms with E-state index in [4.69, 9.17) is 4.52 Å². The molecule has 2 amide bonds. The van der Waals surface area contributed by atoms with E-state index < -0.39 is 0 Å². The van der Waals surface area contributed by atoms with Crippen LogP contribution in [0, 0.1) is 6.92 Å². The fraction of sp³-hybridized carbons (Fsp3) is 0.267. The third-order valence-corrected chi connectivity index (χ3v) is 2.91. The zero-order valence-electron chi connectivity index (χ0n) is 12.0. The third-order valence-electron chi connectivity index (χ3n) is 2.91. The van der Waals surface area contributed by atoms with Gasteiger partial charge in [-0.3, -0.25) is 14.5 Å². The number of benzene rings is 1. The molecule has 110 valence electrons. The molecule has 1 N–H and O–H groups in total. The van der Waals surface area contributed by atoms with E-state index in [1.54, 1.807) is 13.0 Å². The highest BCUT2D eigenvalue weighted by Crippen LogP contribution is 2.13. The van der Waals surface area contributed by atoms with Crippen molar-refractivity contribution < 1.29 is 14.1 Å². The summed E-state index contributed by atoms with van der Waals surface area (Å²) in [6.07, 6.45) is 0. The molecule has 1 aromatic heterocycles. The molecule has 0 bridgehead atoms. The van der Waals surface area contributed by atoms with Gasteiger partial charge in [-0.2, -0.15) is 0 Å². The zero-order valence-corrected chi connectivity index (χ0v) is 12.0. The molecule has 0 aliphatic heterocycles. The summed E-state index contributed by atoms with van der Waals surface area (Å²) in [6, 6.07) is 11.2. The van der Waals surface area contributed by atoms with Crippen LogP contribution >= 0.6 is 0 Å². The van der Waals surface area contributed by atoms with E-state index in [1.807, 2.05) is 30.3 Å². The summed E-state index contributed by atoms with van der Waals surface area (Å²) in [5.41, 5.74) is 0.998. The molecule has 1 heterocycles. The number of nitrogens with one attached hydrogen (secondary N) is 1. The lowest BCUT2D eigenvalue weighted by atomic mass is 10.2. The summed E-state index contributed by atoms with van der Waals surface area (Å²) in [5, 5.41) is 6.53. The van der Waals surface area contributed by atoms with Crippen LogP contribution in [0.4, 0.5) is 5.82 Å². The van der Waals surface area contributed by atoms with Crippen LogP contribution in [0.25, 0.3) is 0 Å². The molecule has 0 atom stereocenters. The first-order chi connectivity index (χ1) is 10.1. The molecule has 0 saturated heterocycles. The minimum atomic E-state index is -0.266. The summed E-state index contributed by atoms with van der Waals surface area (Å²) in [5.74, 6) is 0.406. The van der Waals surface area contributed by atoms with E-state index in [2.05, 4.69) is 10.5 Å². The Morgan fingerprint density at radius 2 is 2.00 bits per heavy atom. The number of rotatable bonds is 5. The molecule has 2 aromatic rings. The van der Waals surface area contributed by atoms with E-state index in [9.17, 15) is 9.59 Å². The molecule has 0 aliphatic carbocycles. The van der Waals surface area contributed by atoms with Crippen molar-refractivity contribution in [1.29, 1.82) is 0 Å². The Labute approximate surface area is 122 Å². The normalized spacial score (nSPS) is 10.2. The van der Waals surface area contributed by atoms with Gasteiger partial charge in [0.25, 0.3) is 0 Å². The van der Waals surface area contributed by atoms with Crippen molar-refractivity contribution in [3.05, 3.63) is 47.7 Å². The van der Waals surface area contributed by atoms with Crippen molar-refractivity contribution in [2.75, 3.05) is 11.4 Å². The van der Waals surface area contributed by atoms with Gasteiger partial charge in [0.1, 0.15) is 12.3 Å². The molecule has 0 spiro atoms. The van der Waals surface area contributed by atoms with Crippen molar-refractivity contribution in [3.8, 4) is 0 Å². The Morgan fingerprint density at radius 3 is 2.57 bits per heavy atom. The van der Waals surface area contributed by atoms with E-state index in [0.29, 0.717) is 18.1 Å². The lowest BCUT2D eigenvalue weighted by Crippen LogP contribution is -2.39. The Hall–Kier alpha value is -2.63. The second-order valence-electron chi connectivity index (χ2n) is 4.66. The summed E-state index contributed by atoms with van der Waals surface area (Å²) >= 11 is 0. The van der Waals surface area contributed by atoms with Crippen LogP contribution in [-0.2, 0) is 16.1 Å². The Morgan fingerprint density at radius 1 is 1.29 bits per heavy atom. The maximum absolute atomic E-state index is 11.9. The highest BCUT2D eigenvalue weighted by Gasteiger charge is 2.18. The van der Waals surface area contributed by atoms with Crippen LogP contribution in [0.1, 0.15) is 18.2 Å². The van der Waals surface area contributed by atoms with Crippen LogP contribution in [0.5, 0.6) is 0 Å². The van der Waals surface area contributed by atoms with E-state index in [-0.39, 0.29) is 18.4 Å². The second-order valence-corrected chi connectivity index (χ2v) is 4.66. The van der Waals surface area contributed by atoms with Crippen molar-refractivity contribution >= 4 is 17.6 Å². The molecular weight excluding hydrogens is 270 g/mol. The summed E-state index contributed by atoms with van der Waals surface area (Å²) < 4.78 is 4.93. The van der Waals surface area contributed by atoms with Gasteiger partial charge >= 0.3 is 0 Å². The second kappa shape index (κ2) is 6.69. The molecule has 2 rings (SSSR count). The monoisotopic (exact) mass is 287 g/mol. The number of aromatic nitrogens is 1. The Bertz CT molecular complexity index is 622. The van der Waals surface area contributed by atoms with Crippen molar-refractivity contribution in [2.45, 2.75) is 20.4 Å². The van der Waals surface area contributed by atoms with Gasteiger partial charge in [-0.05, 0) is 12.5 Å². The summed E-state index contributed by atoms with van der Waals surface area (Å²) in [6.45, 7) is 3.44. The van der Waals surface area contributed by atoms with E-state index in [1.165, 1.54) is 11.8 Å². The van der Waals surface area contributed by atoms with Gasteiger partial charge in [-0.15, -0.1) is 0 Å². The average Bonchev–Trinajstić information content (AvgIpc) is 2.89. The van der Waals surface area contributed by atoms with Gasteiger partial charge in [0.15, 0.2) is 5.82 Å². The van der Waals surface area contributed by atoms with Gasteiger partial charge < -0.3 is 9.84 Å². The highest BCUT2D eigenvalue weighted by molar-refractivity contribution is 5.96. The number of aryl methyl sites for hydroxylation is 1. The van der Waals surface area contributed by atoms with E-state index in [0.717, 1.165) is 5.56 Å². The number of nitrogens with zero attached hydrogens (tertiary/aromatic N) is 2. The molecule has 0 radical (unpaired) electrons. The van der Waals surface area contributed by atoms with Crippen molar-refractivity contribution in [3.63, 3.8) is 0 Å². The Kier molecular flexibility index (Phi) is 4.71. The zero-order chi connectivity index (χ0) is 15.2. The lowest BCUT2D eigenvalue weighted by Gasteiger charge is -2.17. The highest BCUT2D eigenvalue weighted by atomic mass is 16.5. The van der Waals surface area contributed by atoms with Gasteiger partial charge in [-0.1, -0.05) is 35.5 Å². The third kappa shape index (κ3) is 4.17. The maximum atomic E-state index is 11.9. The average molecular weight is 287 g/mol. The van der Waals surface area contributed by atoms with Gasteiger partial charge in [0.2, 0.25) is 11.8 Å². The van der Waals surface area contributed by atoms with Gasteiger partial charge in [0, 0.05) is 19.5 Å². The van der Waals surface area contributed by atoms with Crippen LogP contribution in [0.3, 0.4) is 0 Å². The quantitative estimate of drug-likeness (QED) is 0.907. The molecule has 0 saturated carbocycles. The van der Waals surface area contributed by atoms with Crippen molar-refractivity contribution in [1.82, 2.24) is 10.5 Å². The molecule has 0 aliphatic rings. The smallest absolute Gasteiger partial charge is 0.240 e. The van der Waals surface area contributed by atoms with E-state index >= 15 is 0 Å². The van der Waals surface area contributed by atoms with Crippen molar-refractivity contribution in [2.24, 2.45) is 0 Å². The molecule has 21 heavy (non-hydrogen) atoms. The van der Waals surface area contributed by atoms with Crippen LogP contribution < -0.4 is 10.2 Å². The molecule has 0 fully saturated rings. The number of carbonyl (C=O) groups excluding carboxylic acids is 2. The lowest BCUT2D eigenvalue weighted by molar-refractivity contribution is -0.123. The number of hydrogen-bond donors (Lipinski definition) is 1. The number of amides is 2. The van der Waals surface area contributed by atoms with Crippen LogP contribution in [0.2, 0.25) is 0 Å². The standard InChI is InChI=1S/C15H17N3O3/c1-11-8-14(17-21-11)18(12(2)19)10-15(20)16-9-13-6-4-3-5-7-13/h3-8H,9-10H2,1-2H3,(H,16,20). The van der Waals surface area contributed by atoms with Gasteiger partial charge in [-0.25, -0.2) is 0 Å². The first kappa shape index (κ1) is 14.8. The molecule has 0 unspecified atom stereocenters. The van der Waals surface area contributed by atoms with Gasteiger partial charge in [0.05, 0.1) is 0 Å². The number of anilines is 1. The fourth-order valence-corrected chi connectivity index (χ4v) is 1.83. The van der Waals surface area contributed by atoms with Crippen LogP contribution in [0.15, 0.2) is 40.9 Å². The fourth-order valence-electron chi connectivity index (χ4n) is 1.83.